The van der Waals surface area contributed by atoms with E-state index in [1.807, 2.05) is 19.1 Å². The summed E-state index contributed by atoms with van der Waals surface area (Å²) in [5, 5.41) is 0.0251. The van der Waals surface area contributed by atoms with Crippen LogP contribution in [-0.2, 0) is 10.0 Å². The molecule has 100 valence electrons. The van der Waals surface area contributed by atoms with E-state index in [0.717, 1.165) is 0 Å². The molecule has 0 saturated carbocycles. The molecule has 0 heterocycles. The molecule has 0 saturated heterocycles. The van der Waals surface area contributed by atoms with Crippen molar-refractivity contribution >= 4 is 38.9 Å². The van der Waals surface area contributed by atoms with Crippen molar-refractivity contribution in [1.82, 2.24) is 4.72 Å². The number of hydrogen-bond donors (Lipinski definition) is 2. The van der Waals surface area contributed by atoms with Gasteiger partial charge in [-0.15, -0.1) is 0 Å². The number of sulfonamides is 1. The monoisotopic (exact) mass is 308 g/mol. The number of allylic oxidation sites excluding steroid dienone is 1. The van der Waals surface area contributed by atoms with Crippen LogP contribution in [0.4, 0.5) is 5.69 Å². The number of rotatable bonds is 5. The average molecular weight is 309 g/mol. The molecule has 0 amide bonds. The van der Waals surface area contributed by atoms with Crippen LogP contribution in [-0.4, -0.2) is 15.0 Å². The molecule has 0 aliphatic carbocycles. The first-order valence-electron chi connectivity index (χ1n) is 5.24. The lowest BCUT2D eigenvalue weighted by Crippen LogP contribution is -2.25. The molecule has 18 heavy (non-hydrogen) atoms. The Bertz CT molecular complexity index is 533. The third-order valence-electron chi connectivity index (χ3n) is 2.13. The topological polar surface area (TPSA) is 72.2 Å². The maximum Gasteiger partial charge on any atom is 0.243 e. The van der Waals surface area contributed by atoms with Gasteiger partial charge in [0.15, 0.2) is 0 Å². The lowest BCUT2D eigenvalue weighted by Gasteiger charge is -2.10. The van der Waals surface area contributed by atoms with Crippen LogP contribution in [0, 0.1) is 0 Å². The lowest BCUT2D eigenvalue weighted by molar-refractivity contribution is 0.582. The summed E-state index contributed by atoms with van der Waals surface area (Å²) >= 11 is 11.7. The first-order valence-corrected chi connectivity index (χ1v) is 7.47. The minimum Gasteiger partial charge on any atom is -0.399 e. The predicted molar refractivity (Wildman–Crippen MR) is 75.5 cm³/mol. The van der Waals surface area contributed by atoms with Gasteiger partial charge in [0.1, 0.15) is 4.90 Å². The zero-order chi connectivity index (χ0) is 13.8. The molecule has 0 aromatic heterocycles. The van der Waals surface area contributed by atoms with Gasteiger partial charge in [0.2, 0.25) is 10.0 Å². The third kappa shape index (κ3) is 3.88. The Labute approximate surface area is 117 Å². The molecule has 0 spiro atoms. The van der Waals surface area contributed by atoms with Crippen molar-refractivity contribution in [2.45, 2.75) is 18.2 Å². The van der Waals surface area contributed by atoms with Crippen molar-refractivity contribution in [3.8, 4) is 0 Å². The molecule has 0 radical (unpaired) electrons. The van der Waals surface area contributed by atoms with Crippen molar-refractivity contribution in [3.63, 3.8) is 0 Å². The molecule has 7 heteroatoms. The molecule has 0 bridgehead atoms. The van der Waals surface area contributed by atoms with E-state index in [4.69, 9.17) is 28.9 Å². The standard InChI is InChI=1S/C11H14Cl2N2O2S/c1-2-3-4-5-15-18(16,17)11-9(12)6-8(14)7-10(11)13/h2-3,6-7,15H,4-5,14H2,1H3/b3-2+. The van der Waals surface area contributed by atoms with Crippen LogP contribution in [0.25, 0.3) is 0 Å². The fourth-order valence-corrected chi connectivity index (χ4v) is 3.63. The van der Waals surface area contributed by atoms with Gasteiger partial charge < -0.3 is 5.73 Å². The molecule has 4 nitrogen and oxygen atoms in total. The predicted octanol–water partition coefficient (Wildman–Crippen LogP) is 2.82. The Morgan fingerprint density at radius 3 is 2.39 bits per heavy atom. The first-order chi connectivity index (χ1) is 8.38. The van der Waals surface area contributed by atoms with E-state index in [2.05, 4.69) is 4.72 Å². The van der Waals surface area contributed by atoms with E-state index in [-0.39, 0.29) is 21.5 Å². The zero-order valence-corrected chi connectivity index (χ0v) is 12.1. The van der Waals surface area contributed by atoms with Gasteiger partial charge in [-0.3, -0.25) is 0 Å². The van der Waals surface area contributed by atoms with Crippen molar-refractivity contribution in [2.75, 3.05) is 12.3 Å². The lowest BCUT2D eigenvalue weighted by atomic mass is 10.3. The highest BCUT2D eigenvalue weighted by Gasteiger charge is 2.21. The summed E-state index contributed by atoms with van der Waals surface area (Å²) in [6.45, 7) is 2.14. The molecule has 0 atom stereocenters. The van der Waals surface area contributed by atoms with Gasteiger partial charge in [0, 0.05) is 12.2 Å². The fraction of sp³-hybridized carbons (Fsp3) is 0.273. The Morgan fingerprint density at radius 2 is 1.89 bits per heavy atom. The highest BCUT2D eigenvalue weighted by molar-refractivity contribution is 7.89. The summed E-state index contributed by atoms with van der Waals surface area (Å²) in [5.41, 5.74) is 5.84. The molecule has 0 aliphatic rings. The summed E-state index contributed by atoms with van der Waals surface area (Å²) < 4.78 is 26.4. The summed E-state index contributed by atoms with van der Waals surface area (Å²) in [6.07, 6.45) is 4.30. The van der Waals surface area contributed by atoms with Crippen molar-refractivity contribution in [2.24, 2.45) is 0 Å². The van der Waals surface area contributed by atoms with Gasteiger partial charge in [-0.1, -0.05) is 35.4 Å². The largest absolute Gasteiger partial charge is 0.399 e. The number of nitrogen functional groups attached to an aromatic ring is 1. The Hall–Kier alpha value is -0.750. The second kappa shape index (κ2) is 6.43. The summed E-state index contributed by atoms with van der Waals surface area (Å²) in [6, 6.07) is 2.71. The van der Waals surface area contributed by atoms with Crippen molar-refractivity contribution < 1.29 is 8.42 Å². The second-order valence-corrected chi connectivity index (χ2v) is 6.09. The highest BCUT2D eigenvalue weighted by Crippen LogP contribution is 2.31. The first kappa shape index (κ1) is 15.3. The highest BCUT2D eigenvalue weighted by atomic mass is 35.5. The minimum absolute atomic E-state index is 0.0125. The number of benzene rings is 1. The van der Waals surface area contributed by atoms with Gasteiger partial charge >= 0.3 is 0 Å². The summed E-state index contributed by atoms with van der Waals surface area (Å²) in [4.78, 5) is -0.138. The van der Waals surface area contributed by atoms with E-state index >= 15 is 0 Å². The second-order valence-electron chi connectivity index (χ2n) is 3.57. The van der Waals surface area contributed by atoms with Gasteiger partial charge in [0.25, 0.3) is 0 Å². The van der Waals surface area contributed by atoms with Gasteiger partial charge in [-0.25, -0.2) is 13.1 Å². The van der Waals surface area contributed by atoms with E-state index < -0.39 is 10.0 Å². The van der Waals surface area contributed by atoms with Gasteiger partial charge in [0.05, 0.1) is 10.0 Å². The molecule has 0 unspecified atom stereocenters. The van der Waals surface area contributed by atoms with E-state index in [1.165, 1.54) is 12.1 Å². The van der Waals surface area contributed by atoms with Crippen LogP contribution in [0.3, 0.4) is 0 Å². The van der Waals surface area contributed by atoms with Gasteiger partial charge in [-0.2, -0.15) is 0 Å². The number of nitrogens with two attached hydrogens (primary N) is 1. The van der Waals surface area contributed by atoms with Crippen LogP contribution in [0.2, 0.25) is 10.0 Å². The minimum atomic E-state index is -3.72. The number of anilines is 1. The Morgan fingerprint density at radius 1 is 1.33 bits per heavy atom. The number of halogens is 2. The quantitative estimate of drug-likeness (QED) is 0.499. The van der Waals surface area contributed by atoms with Crippen LogP contribution < -0.4 is 10.5 Å². The van der Waals surface area contributed by atoms with E-state index in [0.29, 0.717) is 12.1 Å². The maximum atomic E-state index is 12.0. The SMILES string of the molecule is C/C=C/CCNS(=O)(=O)c1c(Cl)cc(N)cc1Cl. The molecule has 1 aromatic rings. The third-order valence-corrected chi connectivity index (χ3v) is 4.51. The average Bonchev–Trinajstić information content (AvgIpc) is 2.22. The van der Waals surface area contributed by atoms with Crippen LogP contribution in [0.15, 0.2) is 29.2 Å². The van der Waals surface area contributed by atoms with Crippen molar-refractivity contribution in [3.05, 3.63) is 34.3 Å². The van der Waals surface area contributed by atoms with Crippen molar-refractivity contribution in [1.29, 1.82) is 0 Å². The Kier molecular flexibility index (Phi) is 5.47. The van der Waals surface area contributed by atoms with Crippen LogP contribution in [0.5, 0.6) is 0 Å². The molecular weight excluding hydrogens is 295 g/mol. The van der Waals surface area contributed by atoms with E-state index in [1.54, 1.807) is 0 Å². The van der Waals surface area contributed by atoms with Crippen LogP contribution >= 0.6 is 23.2 Å². The normalized spacial score (nSPS) is 12.2. The molecule has 0 aliphatic heterocycles. The zero-order valence-electron chi connectivity index (χ0n) is 9.78. The molecule has 1 aromatic carbocycles. The van der Waals surface area contributed by atoms with E-state index in [9.17, 15) is 8.42 Å². The fourth-order valence-electron chi connectivity index (χ4n) is 1.35. The summed E-state index contributed by atoms with van der Waals surface area (Å²) in [5.74, 6) is 0. The molecule has 3 N–H and O–H groups in total. The molecular formula is C11H14Cl2N2O2S. The Balaban J connectivity index is 2.98. The smallest absolute Gasteiger partial charge is 0.243 e. The molecule has 1 rings (SSSR count). The number of nitrogens with one attached hydrogen (secondary N) is 1. The van der Waals surface area contributed by atoms with Gasteiger partial charge in [-0.05, 0) is 25.5 Å². The summed E-state index contributed by atoms with van der Waals surface area (Å²) in [7, 11) is -3.72. The number of hydrogen-bond acceptors (Lipinski definition) is 3. The maximum absolute atomic E-state index is 12.0. The molecule has 0 fully saturated rings. The van der Waals surface area contributed by atoms with Crippen LogP contribution in [0.1, 0.15) is 13.3 Å².